The maximum Gasteiger partial charge on any atom is 0.293 e. The minimum absolute atomic E-state index is 0.00441. The summed E-state index contributed by atoms with van der Waals surface area (Å²) in [6.07, 6.45) is 2.27. The zero-order valence-electron chi connectivity index (χ0n) is 27.8. The second kappa shape index (κ2) is 16.3. The van der Waals surface area contributed by atoms with Crippen molar-refractivity contribution in [2.45, 2.75) is 56.1 Å². The van der Waals surface area contributed by atoms with Gasteiger partial charge in [-0.15, -0.1) is 0 Å². The Morgan fingerprint density at radius 2 is 1.82 bits per heavy atom. The Bertz CT molecular complexity index is 1760. The number of anilines is 1. The molecule has 0 saturated carbocycles. The van der Waals surface area contributed by atoms with E-state index in [0.29, 0.717) is 31.3 Å². The van der Waals surface area contributed by atoms with Gasteiger partial charge in [0.05, 0.1) is 35.2 Å². The molecule has 0 aromatic heterocycles. The molecule has 1 amide bonds. The summed E-state index contributed by atoms with van der Waals surface area (Å²) in [5.41, 5.74) is 2.87. The van der Waals surface area contributed by atoms with Gasteiger partial charge in [-0.2, -0.15) is 0 Å². The lowest BCUT2D eigenvalue weighted by molar-refractivity contribution is -0.384. The zero-order valence-corrected chi connectivity index (χ0v) is 29.3. The van der Waals surface area contributed by atoms with Crippen LogP contribution in [0.1, 0.15) is 66.6 Å². The highest BCUT2D eigenvalue weighted by Crippen LogP contribution is 2.47. The van der Waals surface area contributed by atoms with Crippen LogP contribution < -0.4 is 10.0 Å². The smallest absolute Gasteiger partial charge is 0.293 e. The first-order valence-electron chi connectivity index (χ1n) is 16.5. The first-order chi connectivity index (χ1) is 23.5. The first-order valence-corrected chi connectivity index (χ1v) is 18.4. The number of morpholine rings is 1. The van der Waals surface area contributed by atoms with Gasteiger partial charge in [-0.25, -0.2) is 13.1 Å². The van der Waals surface area contributed by atoms with E-state index in [2.05, 4.69) is 34.5 Å². The molecule has 0 unspecified atom stereocenters. The maximum atomic E-state index is 13.2. The molecular formula is C36H43ClN4O7S. The summed E-state index contributed by atoms with van der Waals surface area (Å²) in [4.78, 5) is 26.1. The van der Waals surface area contributed by atoms with E-state index in [9.17, 15) is 23.3 Å². The van der Waals surface area contributed by atoms with Crippen molar-refractivity contribution in [2.24, 2.45) is 5.92 Å². The summed E-state index contributed by atoms with van der Waals surface area (Å²) in [6, 6.07) is 18.1. The number of amides is 1. The molecular weight excluding hydrogens is 668 g/mol. The van der Waals surface area contributed by atoms with Crippen molar-refractivity contribution in [3.8, 4) is 0 Å². The van der Waals surface area contributed by atoms with E-state index in [-0.39, 0.29) is 40.2 Å². The molecule has 2 fully saturated rings. The number of nitro groups is 1. The third kappa shape index (κ3) is 9.06. The topological polar surface area (TPSA) is 140 Å². The van der Waals surface area contributed by atoms with Crippen molar-refractivity contribution in [1.29, 1.82) is 0 Å². The first kappa shape index (κ1) is 36.5. The van der Waals surface area contributed by atoms with E-state index in [1.165, 1.54) is 12.1 Å². The van der Waals surface area contributed by atoms with Crippen molar-refractivity contribution in [3.63, 3.8) is 0 Å². The van der Waals surface area contributed by atoms with Crippen LogP contribution in [0.3, 0.4) is 0 Å². The van der Waals surface area contributed by atoms with Gasteiger partial charge in [-0.1, -0.05) is 61.4 Å². The third-order valence-electron chi connectivity index (χ3n) is 9.18. The highest BCUT2D eigenvalue weighted by Gasteiger charge is 2.39. The molecule has 0 bridgehead atoms. The molecule has 5 rings (SSSR count). The average Bonchev–Trinajstić information content (AvgIpc) is 3.08. The summed E-state index contributed by atoms with van der Waals surface area (Å²) in [7, 11) is -4.42. The van der Waals surface area contributed by atoms with E-state index in [1.807, 2.05) is 25.1 Å². The lowest BCUT2D eigenvalue weighted by atomic mass is 9.75. The number of carbonyl (C=O) groups excluding carboxylic acids is 1. The van der Waals surface area contributed by atoms with Crippen molar-refractivity contribution in [3.05, 3.63) is 111 Å². The SMILES string of the molecule is C=C(C)[C@H]1C[C@H](c2cccc(Cl)c2)[C@H](CCC)O[C@@H]1c1ccc(C(=O)NS(=O)(=O)c2ccc(NCCN3CCOCC3)c([N+](=O)[O-])c2)cc1. The maximum absolute atomic E-state index is 13.2. The van der Waals surface area contributed by atoms with Gasteiger partial charge in [0.25, 0.3) is 21.6 Å². The number of sulfonamides is 1. The van der Waals surface area contributed by atoms with E-state index >= 15 is 0 Å². The van der Waals surface area contributed by atoms with Crippen molar-refractivity contribution in [2.75, 3.05) is 44.7 Å². The fraction of sp³-hybridized carbons (Fsp3) is 0.417. The van der Waals surface area contributed by atoms with Crippen LogP contribution >= 0.6 is 11.6 Å². The molecule has 4 atom stereocenters. The number of nitrogens with one attached hydrogen (secondary N) is 2. The lowest BCUT2D eigenvalue weighted by Gasteiger charge is -2.43. The van der Waals surface area contributed by atoms with E-state index < -0.39 is 26.5 Å². The second-order valence-electron chi connectivity index (χ2n) is 12.6. The molecule has 262 valence electrons. The Labute approximate surface area is 292 Å². The highest BCUT2D eigenvalue weighted by molar-refractivity contribution is 7.90. The predicted molar refractivity (Wildman–Crippen MR) is 190 cm³/mol. The van der Waals surface area contributed by atoms with Gasteiger partial charge in [0.1, 0.15) is 5.69 Å². The summed E-state index contributed by atoms with van der Waals surface area (Å²) in [5.74, 6) is -0.708. The molecule has 13 heteroatoms. The third-order valence-corrected chi connectivity index (χ3v) is 10.7. The molecule has 49 heavy (non-hydrogen) atoms. The molecule has 2 N–H and O–H groups in total. The number of rotatable bonds is 13. The normalized spacial score (nSPS) is 21.5. The summed E-state index contributed by atoms with van der Waals surface area (Å²) in [5, 5.41) is 15.5. The average molecular weight is 711 g/mol. The van der Waals surface area contributed by atoms with Gasteiger partial charge >= 0.3 is 0 Å². The number of hydrogen-bond acceptors (Lipinski definition) is 9. The predicted octanol–water partition coefficient (Wildman–Crippen LogP) is 6.72. The summed E-state index contributed by atoms with van der Waals surface area (Å²) >= 11 is 6.33. The Balaban J connectivity index is 1.28. The number of halogens is 1. The molecule has 2 heterocycles. The second-order valence-corrected chi connectivity index (χ2v) is 14.7. The van der Waals surface area contributed by atoms with Crippen molar-refractivity contribution < 1.29 is 27.6 Å². The number of carbonyl (C=O) groups is 1. The summed E-state index contributed by atoms with van der Waals surface area (Å²) < 4.78 is 40.5. The number of ether oxygens (including phenoxy) is 2. The van der Waals surface area contributed by atoms with Gasteiger partial charge < -0.3 is 14.8 Å². The molecule has 0 spiro atoms. The summed E-state index contributed by atoms with van der Waals surface area (Å²) in [6.45, 7) is 12.3. The molecule has 2 saturated heterocycles. The molecule has 3 aromatic carbocycles. The molecule has 2 aliphatic heterocycles. The van der Waals surface area contributed by atoms with Crippen LogP contribution in [0.2, 0.25) is 5.02 Å². The number of nitro benzene ring substituents is 1. The van der Waals surface area contributed by atoms with Gasteiger partial charge in [-0.3, -0.25) is 19.8 Å². The fourth-order valence-corrected chi connectivity index (χ4v) is 7.75. The van der Waals surface area contributed by atoms with Crippen LogP contribution in [0.15, 0.2) is 83.8 Å². The van der Waals surface area contributed by atoms with Crippen LogP contribution in [0.4, 0.5) is 11.4 Å². The minimum Gasteiger partial charge on any atom is -0.379 e. The van der Waals surface area contributed by atoms with Crippen LogP contribution in [0, 0.1) is 16.0 Å². The fourth-order valence-electron chi connectivity index (χ4n) is 6.56. The molecule has 11 nitrogen and oxygen atoms in total. The Morgan fingerprint density at radius 1 is 1.08 bits per heavy atom. The monoisotopic (exact) mass is 710 g/mol. The van der Waals surface area contributed by atoms with Crippen LogP contribution in [-0.2, 0) is 19.5 Å². The Morgan fingerprint density at radius 3 is 2.47 bits per heavy atom. The lowest BCUT2D eigenvalue weighted by Crippen LogP contribution is -2.39. The Kier molecular flexibility index (Phi) is 12.1. The number of benzene rings is 3. The van der Waals surface area contributed by atoms with E-state index in [0.717, 1.165) is 55.1 Å². The number of hydrogen-bond donors (Lipinski definition) is 2. The van der Waals surface area contributed by atoms with Gasteiger partial charge in [0, 0.05) is 54.7 Å². The van der Waals surface area contributed by atoms with Crippen LogP contribution in [0.25, 0.3) is 0 Å². The Hall–Kier alpha value is -3.81. The van der Waals surface area contributed by atoms with Crippen LogP contribution in [0.5, 0.6) is 0 Å². The standard InChI is InChI=1S/C36H43ClN4O7S/c1-4-6-34-31(27-7-5-8-28(37)21-27)23-30(24(2)3)35(48-34)25-9-11-26(12-10-25)36(42)39-49(45,46)29-13-14-32(33(22-29)41(43)44)38-15-16-40-17-19-47-20-18-40/h5,7-14,21-22,30-31,34-35,38H,2,4,6,15-20,23H2,1,3H3,(H,39,42)/t30-,31-,34+,35-/m1/s1. The van der Waals surface area contributed by atoms with Crippen LogP contribution in [-0.4, -0.2) is 69.6 Å². The van der Waals surface area contributed by atoms with Gasteiger partial charge in [-0.05, 0) is 67.3 Å². The largest absolute Gasteiger partial charge is 0.379 e. The van der Waals surface area contributed by atoms with E-state index in [1.54, 1.807) is 24.3 Å². The van der Waals surface area contributed by atoms with Gasteiger partial charge in [0.2, 0.25) is 0 Å². The highest BCUT2D eigenvalue weighted by atomic mass is 35.5. The molecule has 0 aliphatic carbocycles. The molecule has 2 aliphatic rings. The quantitative estimate of drug-likeness (QED) is 0.112. The van der Waals surface area contributed by atoms with Crippen molar-refractivity contribution >= 4 is 38.9 Å². The van der Waals surface area contributed by atoms with Crippen molar-refractivity contribution in [1.82, 2.24) is 9.62 Å². The molecule has 3 aromatic rings. The minimum atomic E-state index is -4.42. The number of nitrogens with zero attached hydrogens (tertiary/aromatic N) is 2. The molecule has 0 radical (unpaired) electrons. The van der Waals surface area contributed by atoms with Gasteiger partial charge in [0.15, 0.2) is 0 Å². The van der Waals surface area contributed by atoms with E-state index in [4.69, 9.17) is 21.1 Å². The zero-order chi connectivity index (χ0) is 35.1.